The number of hydrogen-bond acceptors (Lipinski definition) is 3. The fourth-order valence-corrected chi connectivity index (χ4v) is 3.32. The Morgan fingerprint density at radius 1 is 1.38 bits per heavy atom. The van der Waals surface area contributed by atoms with E-state index in [4.69, 9.17) is 9.84 Å². The van der Waals surface area contributed by atoms with Crippen LogP contribution in [0.1, 0.15) is 31.2 Å². The molecular formula is C16H22BrNO3. The van der Waals surface area contributed by atoms with E-state index in [1.165, 1.54) is 0 Å². The summed E-state index contributed by atoms with van der Waals surface area (Å²) in [6, 6.07) is 5.99. The van der Waals surface area contributed by atoms with Gasteiger partial charge in [0.15, 0.2) is 0 Å². The fraction of sp³-hybridized carbons (Fsp3) is 0.562. The molecule has 0 amide bonds. The topological polar surface area (TPSA) is 58.6 Å². The smallest absolute Gasteiger partial charge is 0.306 e. The molecule has 1 aliphatic carbocycles. The molecule has 2 rings (SSSR count). The van der Waals surface area contributed by atoms with Crippen LogP contribution >= 0.6 is 15.9 Å². The van der Waals surface area contributed by atoms with Crippen molar-refractivity contribution in [3.63, 3.8) is 0 Å². The van der Waals surface area contributed by atoms with Crippen LogP contribution in [0.2, 0.25) is 0 Å². The lowest BCUT2D eigenvalue weighted by Gasteiger charge is -2.26. The first-order valence-electron chi connectivity index (χ1n) is 7.36. The zero-order valence-corrected chi connectivity index (χ0v) is 13.9. The highest BCUT2D eigenvalue weighted by Gasteiger charge is 2.25. The van der Waals surface area contributed by atoms with Crippen LogP contribution in [-0.2, 0) is 11.3 Å². The van der Waals surface area contributed by atoms with Gasteiger partial charge in [0.25, 0.3) is 0 Å². The van der Waals surface area contributed by atoms with Crippen molar-refractivity contribution < 1.29 is 14.6 Å². The highest BCUT2D eigenvalue weighted by Crippen LogP contribution is 2.29. The first-order valence-corrected chi connectivity index (χ1v) is 8.15. The van der Waals surface area contributed by atoms with Crippen LogP contribution in [0.5, 0.6) is 5.75 Å². The number of carboxylic acids is 1. The molecule has 2 N–H and O–H groups in total. The third-order valence-electron chi connectivity index (χ3n) is 4.19. The summed E-state index contributed by atoms with van der Waals surface area (Å²) >= 11 is 3.48. The molecule has 5 heteroatoms. The molecule has 1 aliphatic rings. The molecule has 0 aromatic heterocycles. The zero-order chi connectivity index (χ0) is 15.2. The molecule has 0 bridgehead atoms. The van der Waals surface area contributed by atoms with E-state index in [1.54, 1.807) is 7.11 Å². The van der Waals surface area contributed by atoms with Gasteiger partial charge in [-0.3, -0.25) is 4.79 Å². The lowest BCUT2D eigenvalue weighted by atomic mass is 9.82. The summed E-state index contributed by atoms with van der Waals surface area (Å²) in [5.74, 6) is 0.700. The Bertz CT molecular complexity index is 484. The SMILES string of the molecule is COc1ccc(Br)cc1CNCC1CCC(C(=O)O)CC1. The van der Waals surface area contributed by atoms with Gasteiger partial charge >= 0.3 is 5.97 Å². The lowest BCUT2D eigenvalue weighted by Crippen LogP contribution is -2.28. The van der Waals surface area contributed by atoms with Crippen LogP contribution in [-0.4, -0.2) is 24.7 Å². The van der Waals surface area contributed by atoms with E-state index in [2.05, 4.69) is 27.3 Å². The summed E-state index contributed by atoms with van der Waals surface area (Å²) in [7, 11) is 1.68. The number of hydrogen-bond donors (Lipinski definition) is 2. The van der Waals surface area contributed by atoms with Crippen molar-refractivity contribution in [2.24, 2.45) is 11.8 Å². The van der Waals surface area contributed by atoms with Crippen molar-refractivity contribution in [3.05, 3.63) is 28.2 Å². The first kappa shape index (κ1) is 16.3. The van der Waals surface area contributed by atoms with Gasteiger partial charge in [-0.1, -0.05) is 15.9 Å². The van der Waals surface area contributed by atoms with Crippen LogP contribution in [0.25, 0.3) is 0 Å². The highest BCUT2D eigenvalue weighted by atomic mass is 79.9. The van der Waals surface area contributed by atoms with E-state index < -0.39 is 5.97 Å². The molecule has 0 atom stereocenters. The molecular weight excluding hydrogens is 334 g/mol. The lowest BCUT2D eigenvalue weighted by molar-refractivity contribution is -0.143. The minimum Gasteiger partial charge on any atom is -0.496 e. The Labute approximate surface area is 134 Å². The van der Waals surface area contributed by atoms with Crippen molar-refractivity contribution in [1.29, 1.82) is 0 Å². The van der Waals surface area contributed by atoms with Crippen LogP contribution in [0.3, 0.4) is 0 Å². The minimum atomic E-state index is -0.639. The molecule has 116 valence electrons. The Hall–Kier alpha value is -1.07. The van der Waals surface area contributed by atoms with Crippen molar-refractivity contribution in [3.8, 4) is 5.75 Å². The number of aliphatic carboxylic acids is 1. The Kier molecular flexibility index (Phi) is 6.06. The van der Waals surface area contributed by atoms with Crippen LogP contribution in [0, 0.1) is 11.8 Å². The summed E-state index contributed by atoms with van der Waals surface area (Å²) in [6.45, 7) is 1.70. The van der Waals surface area contributed by atoms with Crippen LogP contribution in [0.15, 0.2) is 22.7 Å². The molecule has 0 saturated heterocycles. The molecule has 1 aromatic rings. The van der Waals surface area contributed by atoms with Gasteiger partial charge in [-0.15, -0.1) is 0 Å². The van der Waals surface area contributed by atoms with Crippen LogP contribution in [0.4, 0.5) is 0 Å². The molecule has 1 saturated carbocycles. The first-order chi connectivity index (χ1) is 10.1. The van der Waals surface area contributed by atoms with Crippen molar-refractivity contribution >= 4 is 21.9 Å². The monoisotopic (exact) mass is 355 g/mol. The van der Waals surface area contributed by atoms with E-state index >= 15 is 0 Å². The summed E-state index contributed by atoms with van der Waals surface area (Å²) in [4.78, 5) is 10.9. The molecule has 0 aliphatic heterocycles. The maximum absolute atomic E-state index is 10.9. The summed E-state index contributed by atoms with van der Waals surface area (Å²) in [5, 5.41) is 12.5. The molecule has 21 heavy (non-hydrogen) atoms. The van der Waals surface area contributed by atoms with Gasteiger partial charge in [-0.05, 0) is 56.3 Å². The summed E-state index contributed by atoms with van der Waals surface area (Å²) < 4.78 is 6.40. The van der Waals surface area contributed by atoms with E-state index in [1.807, 2.05) is 12.1 Å². The molecule has 0 unspecified atom stereocenters. The maximum atomic E-state index is 10.9. The highest BCUT2D eigenvalue weighted by molar-refractivity contribution is 9.10. The second-order valence-electron chi connectivity index (χ2n) is 5.64. The molecule has 4 nitrogen and oxygen atoms in total. The number of carboxylic acid groups (broad SMARTS) is 1. The number of methoxy groups -OCH3 is 1. The van der Waals surface area contributed by atoms with Gasteiger partial charge in [0.05, 0.1) is 13.0 Å². The van der Waals surface area contributed by atoms with Gasteiger partial charge in [0.1, 0.15) is 5.75 Å². The standard InChI is InChI=1S/C16H22BrNO3/c1-21-15-7-6-14(17)8-13(15)10-18-9-11-2-4-12(5-3-11)16(19)20/h6-8,11-12,18H,2-5,9-10H2,1H3,(H,19,20). The van der Waals surface area contributed by atoms with E-state index in [0.29, 0.717) is 5.92 Å². The van der Waals surface area contributed by atoms with E-state index in [-0.39, 0.29) is 5.92 Å². The van der Waals surface area contributed by atoms with Crippen molar-refractivity contribution in [1.82, 2.24) is 5.32 Å². The Morgan fingerprint density at radius 3 is 2.71 bits per heavy atom. The molecule has 1 aromatic carbocycles. The number of halogens is 1. The molecule has 0 heterocycles. The fourth-order valence-electron chi connectivity index (χ4n) is 2.91. The van der Waals surface area contributed by atoms with Gasteiger partial charge in [0.2, 0.25) is 0 Å². The average Bonchev–Trinajstić information content (AvgIpc) is 2.48. The molecule has 0 spiro atoms. The van der Waals surface area contributed by atoms with E-state index in [0.717, 1.165) is 54.6 Å². The number of carbonyl (C=O) groups is 1. The molecule has 1 fully saturated rings. The predicted molar refractivity (Wildman–Crippen MR) is 85.5 cm³/mol. The largest absolute Gasteiger partial charge is 0.496 e. The predicted octanol–water partition coefficient (Wildman–Crippen LogP) is 3.44. The second-order valence-corrected chi connectivity index (χ2v) is 6.56. The normalized spacial score (nSPS) is 22.0. The quantitative estimate of drug-likeness (QED) is 0.820. The number of benzene rings is 1. The third-order valence-corrected chi connectivity index (χ3v) is 4.68. The number of nitrogens with one attached hydrogen (secondary N) is 1. The van der Waals surface area contributed by atoms with Gasteiger partial charge < -0.3 is 15.2 Å². The van der Waals surface area contributed by atoms with E-state index in [9.17, 15) is 4.79 Å². The Morgan fingerprint density at radius 2 is 2.10 bits per heavy atom. The minimum absolute atomic E-state index is 0.133. The second kappa shape index (κ2) is 7.80. The van der Waals surface area contributed by atoms with Crippen molar-refractivity contribution in [2.75, 3.05) is 13.7 Å². The van der Waals surface area contributed by atoms with Crippen LogP contribution < -0.4 is 10.1 Å². The molecule has 0 radical (unpaired) electrons. The maximum Gasteiger partial charge on any atom is 0.306 e. The van der Waals surface area contributed by atoms with Crippen molar-refractivity contribution in [2.45, 2.75) is 32.2 Å². The van der Waals surface area contributed by atoms with Gasteiger partial charge in [-0.2, -0.15) is 0 Å². The summed E-state index contributed by atoms with van der Waals surface area (Å²) in [5.41, 5.74) is 1.13. The Balaban J connectivity index is 1.78. The third kappa shape index (κ3) is 4.71. The van der Waals surface area contributed by atoms with Gasteiger partial charge in [-0.25, -0.2) is 0 Å². The zero-order valence-electron chi connectivity index (χ0n) is 12.3. The number of ether oxygens (including phenoxy) is 1. The van der Waals surface area contributed by atoms with Gasteiger partial charge in [0, 0.05) is 16.6 Å². The number of rotatable bonds is 6. The average molecular weight is 356 g/mol. The summed E-state index contributed by atoms with van der Waals surface area (Å²) in [6.07, 6.45) is 3.61.